The van der Waals surface area contributed by atoms with Gasteiger partial charge in [0.15, 0.2) is 0 Å². The fourth-order valence-corrected chi connectivity index (χ4v) is 3.66. The van der Waals surface area contributed by atoms with Crippen molar-refractivity contribution in [3.05, 3.63) is 57.8 Å². The third-order valence-corrected chi connectivity index (χ3v) is 5.46. The summed E-state index contributed by atoms with van der Waals surface area (Å²) in [7, 11) is 1.30. The van der Waals surface area contributed by atoms with Gasteiger partial charge in [-0.25, -0.2) is 13.8 Å². The molecule has 2 aromatic heterocycles. The van der Waals surface area contributed by atoms with Crippen LogP contribution in [-0.4, -0.2) is 27.8 Å². The van der Waals surface area contributed by atoms with E-state index in [2.05, 4.69) is 9.97 Å². The van der Waals surface area contributed by atoms with Gasteiger partial charge in [0.2, 0.25) is 0 Å². The van der Waals surface area contributed by atoms with Gasteiger partial charge in [-0.3, -0.25) is 4.79 Å². The van der Waals surface area contributed by atoms with Crippen LogP contribution >= 0.6 is 0 Å². The molecule has 0 saturated heterocycles. The van der Waals surface area contributed by atoms with Crippen LogP contribution in [0.5, 0.6) is 0 Å². The van der Waals surface area contributed by atoms with E-state index in [0.29, 0.717) is 24.2 Å². The molecule has 0 bridgehead atoms. The lowest BCUT2D eigenvalue weighted by Crippen LogP contribution is -2.31. The van der Waals surface area contributed by atoms with E-state index in [0.717, 1.165) is 16.0 Å². The minimum Gasteiger partial charge on any atom is -0.383 e. The van der Waals surface area contributed by atoms with E-state index in [1.54, 1.807) is 0 Å². The lowest BCUT2D eigenvalue weighted by atomic mass is 10.0. The molecule has 1 aliphatic rings. The molecule has 0 aliphatic carbocycles. The molecule has 1 atom stereocenters. The van der Waals surface area contributed by atoms with Crippen molar-refractivity contribution in [2.75, 3.05) is 12.8 Å². The van der Waals surface area contributed by atoms with Gasteiger partial charge in [0, 0.05) is 23.7 Å². The van der Waals surface area contributed by atoms with Crippen LogP contribution in [-0.2, 0) is 24.1 Å². The van der Waals surface area contributed by atoms with Crippen LogP contribution in [0.3, 0.4) is 0 Å². The van der Waals surface area contributed by atoms with E-state index in [9.17, 15) is 26.7 Å². The number of hydrogen-bond donors (Lipinski definition) is 2. The van der Waals surface area contributed by atoms with E-state index in [-0.39, 0.29) is 23.6 Å². The number of pyridine rings is 1. The molecule has 3 heterocycles. The molecule has 0 radical (unpaired) electrons. The Morgan fingerprint density at radius 3 is 2.42 bits per heavy atom. The summed E-state index contributed by atoms with van der Waals surface area (Å²) in [5.74, 6) is -3.12. The molecule has 1 aromatic carbocycles. The van der Waals surface area contributed by atoms with Crippen molar-refractivity contribution in [1.29, 1.82) is 0 Å². The SMILES string of the molecule is C[C@H](c1c(F)cc(C(F)(F)F)cc1F)N(C)C(=O)c1cc2nc(N)c3c(c2[nH]1)COC3. The van der Waals surface area contributed by atoms with Crippen LogP contribution in [0.25, 0.3) is 11.0 Å². The van der Waals surface area contributed by atoms with Crippen molar-refractivity contribution >= 4 is 22.8 Å². The highest BCUT2D eigenvalue weighted by molar-refractivity contribution is 5.98. The molecular formula is C20H17F5N4O2. The number of H-pyrrole nitrogens is 1. The zero-order valence-corrected chi connectivity index (χ0v) is 16.4. The van der Waals surface area contributed by atoms with Crippen molar-refractivity contribution in [3.63, 3.8) is 0 Å². The van der Waals surface area contributed by atoms with Crippen LogP contribution in [0.15, 0.2) is 18.2 Å². The number of halogens is 5. The van der Waals surface area contributed by atoms with Crippen molar-refractivity contribution < 1.29 is 31.5 Å². The Labute approximate surface area is 172 Å². The summed E-state index contributed by atoms with van der Waals surface area (Å²) >= 11 is 0. The largest absolute Gasteiger partial charge is 0.416 e. The van der Waals surface area contributed by atoms with Crippen molar-refractivity contribution in [1.82, 2.24) is 14.9 Å². The monoisotopic (exact) mass is 440 g/mol. The molecule has 0 saturated carbocycles. The molecule has 1 aliphatic heterocycles. The molecule has 6 nitrogen and oxygen atoms in total. The molecule has 31 heavy (non-hydrogen) atoms. The summed E-state index contributed by atoms with van der Waals surface area (Å²) < 4.78 is 72.5. The lowest BCUT2D eigenvalue weighted by molar-refractivity contribution is -0.138. The molecule has 11 heteroatoms. The second-order valence-electron chi connectivity index (χ2n) is 7.33. The van der Waals surface area contributed by atoms with Crippen LogP contribution in [0.1, 0.15) is 45.7 Å². The van der Waals surface area contributed by atoms with E-state index < -0.39 is 40.9 Å². The number of nitrogens with one attached hydrogen (secondary N) is 1. The number of carbonyl (C=O) groups is 1. The number of anilines is 1. The van der Waals surface area contributed by atoms with Gasteiger partial charge in [0.05, 0.1) is 35.9 Å². The molecule has 164 valence electrons. The Balaban J connectivity index is 1.67. The standard InChI is InChI=1S/C20H17F5N4O2/c1-8(16-12(21)3-9(4-13(16)22)20(23,24)25)29(2)19(30)15-5-14-17(27-15)10-6-31-7-11(10)18(26)28-14/h3-5,8,27H,6-7H2,1-2H3,(H2,26,28)/t8-/m1/s1. The third-order valence-electron chi connectivity index (χ3n) is 5.46. The summed E-state index contributed by atoms with van der Waals surface area (Å²) in [6.07, 6.45) is -4.89. The minimum atomic E-state index is -4.89. The fourth-order valence-electron chi connectivity index (χ4n) is 3.66. The first kappa shape index (κ1) is 21.0. The quantitative estimate of drug-likeness (QED) is 0.595. The predicted octanol–water partition coefficient (Wildman–Crippen LogP) is 4.31. The van der Waals surface area contributed by atoms with E-state index in [4.69, 9.17) is 10.5 Å². The summed E-state index contributed by atoms with van der Waals surface area (Å²) in [6.45, 7) is 1.91. The predicted molar refractivity (Wildman–Crippen MR) is 101 cm³/mol. The van der Waals surface area contributed by atoms with Gasteiger partial charge in [-0.1, -0.05) is 0 Å². The fraction of sp³-hybridized carbons (Fsp3) is 0.300. The highest BCUT2D eigenvalue weighted by atomic mass is 19.4. The van der Waals surface area contributed by atoms with Crippen molar-refractivity contribution in [2.45, 2.75) is 32.4 Å². The highest BCUT2D eigenvalue weighted by Crippen LogP contribution is 2.35. The van der Waals surface area contributed by atoms with Gasteiger partial charge < -0.3 is 20.4 Å². The second kappa shape index (κ2) is 7.19. The number of rotatable bonds is 3. The number of fused-ring (bicyclic) bond motifs is 3. The number of benzene rings is 1. The number of alkyl halides is 3. The first-order valence-electron chi connectivity index (χ1n) is 9.20. The van der Waals surface area contributed by atoms with Crippen LogP contribution in [0.4, 0.5) is 27.8 Å². The normalized spacial score (nSPS) is 14.7. The second-order valence-corrected chi connectivity index (χ2v) is 7.33. The number of ether oxygens (including phenoxy) is 1. The maximum absolute atomic E-state index is 14.4. The zero-order valence-electron chi connectivity index (χ0n) is 16.4. The van der Waals surface area contributed by atoms with E-state index >= 15 is 0 Å². The maximum Gasteiger partial charge on any atom is 0.416 e. The number of amides is 1. The van der Waals surface area contributed by atoms with Crippen LogP contribution < -0.4 is 5.73 Å². The number of aromatic amines is 1. The van der Waals surface area contributed by atoms with Gasteiger partial charge in [0.1, 0.15) is 23.1 Å². The number of aromatic nitrogens is 2. The van der Waals surface area contributed by atoms with Crippen LogP contribution in [0.2, 0.25) is 0 Å². The summed E-state index contributed by atoms with van der Waals surface area (Å²) in [5, 5.41) is 0. The number of nitrogens with two attached hydrogens (primary N) is 1. The number of nitrogens with zero attached hydrogens (tertiary/aromatic N) is 2. The molecule has 0 fully saturated rings. The minimum absolute atomic E-state index is 0.0873. The number of hydrogen-bond acceptors (Lipinski definition) is 4. The van der Waals surface area contributed by atoms with Gasteiger partial charge in [-0.05, 0) is 25.1 Å². The first-order valence-corrected chi connectivity index (χ1v) is 9.20. The number of carbonyl (C=O) groups excluding carboxylic acids is 1. The van der Waals surface area contributed by atoms with Crippen molar-refractivity contribution in [3.8, 4) is 0 Å². The topological polar surface area (TPSA) is 84.2 Å². The average Bonchev–Trinajstić information content (AvgIpc) is 3.32. The summed E-state index contributed by atoms with van der Waals surface area (Å²) in [4.78, 5) is 21.2. The Kier molecular flexibility index (Phi) is 4.88. The first-order chi connectivity index (χ1) is 14.5. The lowest BCUT2D eigenvalue weighted by Gasteiger charge is -2.26. The van der Waals surface area contributed by atoms with E-state index in [1.165, 1.54) is 20.0 Å². The molecule has 1 amide bonds. The molecule has 0 unspecified atom stereocenters. The van der Waals surface area contributed by atoms with E-state index in [1.807, 2.05) is 0 Å². The van der Waals surface area contributed by atoms with Crippen molar-refractivity contribution in [2.24, 2.45) is 0 Å². The average molecular weight is 440 g/mol. The maximum atomic E-state index is 14.4. The smallest absolute Gasteiger partial charge is 0.383 e. The number of nitrogen functional groups attached to an aromatic ring is 1. The third kappa shape index (κ3) is 3.48. The summed E-state index contributed by atoms with van der Waals surface area (Å²) in [5.41, 5.74) is 6.42. The molecule has 0 spiro atoms. The highest BCUT2D eigenvalue weighted by Gasteiger charge is 2.34. The summed E-state index contributed by atoms with van der Waals surface area (Å²) in [6, 6.07) is 0.696. The Morgan fingerprint density at radius 2 is 1.81 bits per heavy atom. The Morgan fingerprint density at radius 1 is 1.19 bits per heavy atom. The molecule has 3 aromatic rings. The molecular weight excluding hydrogens is 423 g/mol. The zero-order chi connectivity index (χ0) is 22.7. The van der Waals surface area contributed by atoms with Gasteiger partial charge >= 0.3 is 6.18 Å². The van der Waals surface area contributed by atoms with Crippen LogP contribution in [0, 0.1) is 11.6 Å². The Bertz CT molecular complexity index is 1180. The van der Waals surface area contributed by atoms with Gasteiger partial charge in [-0.2, -0.15) is 13.2 Å². The Hall–Kier alpha value is -3.21. The van der Waals surface area contributed by atoms with Gasteiger partial charge in [0.25, 0.3) is 5.91 Å². The molecule has 3 N–H and O–H groups in total. The molecule has 4 rings (SSSR count). The van der Waals surface area contributed by atoms with Gasteiger partial charge in [-0.15, -0.1) is 0 Å².